The van der Waals surface area contributed by atoms with Gasteiger partial charge in [-0.3, -0.25) is 14.2 Å². The van der Waals surface area contributed by atoms with Crippen LogP contribution in [-0.4, -0.2) is 28.5 Å². The van der Waals surface area contributed by atoms with Crippen LogP contribution in [0.4, 0.5) is 11.6 Å². The van der Waals surface area contributed by atoms with Crippen molar-refractivity contribution in [3.8, 4) is 0 Å². The highest BCUT2D eigenvalue weighted by Crippen LogP contribution is 2.17. The largest absolute Gasteiger partial charge is 0.342 e. The van der Waals surface area contributed by atoms with Gasteiger partial charge in [0.25, 0.3) is 5.56 Å². The van der Waals surface area contributed by atoms with Gasteiger partial charge in [-0.25, -0.2) is 4.98 Å². The molecule has 6 heteroatoms. The molecule has 2 heterocycles. The van der Waals surface area contributed by atoms with Crippen LogP contribution in [0.1, 0.15) is 31.0 Å². The van der Waals surface area contributed by atoms with Crippen molar-refractivity contribution in [2.75, 3.05) is 23.3 Å². The Morgan fingerprint density at radius 3 is 2.52 bits per heavy atom. The zero-order valence-corrected chi connectivity index (χ0v) is 14.8. The molecule has 6 nitrogen and oxygen atoms in total. The van der Waals surface area contributed by atoms with Crippen LogP contribution >= 0.6 is 0 Å². The minimum Gasteiger partial charge on any atom is -0.342 e. The molecule has 132 valence electrons. The first-order chi connectivity index (χ1) is 12.1. The van der Waals surface area contributed by atoms with E-state index >= 15 is 0 Å². The Morgan fingerprint density at radius 1 is 1.20 bits per heavy atom. The summed E-state index contributed by atoms with van der Waals surface area (Å²) in [7, 11) is 0. The van der Waals surface area contributed by atoms with E-state index in [0.717, 1.165) is 38.0 Å². The molecule has 0 radical (unpaired) electrons. The quantitative estimate of drug-likeness (QED) is 0.907. The summed E-state index contributed by atoms with van der Waals surface area (Å²) in [5.41, 5.74) is 2.44. The Hall–Kier alpha value is -2.63. The van der Waals surface area contributed by atoms with Crippen molar-refractivity contribution >= 4 is 17.5 Å². The second kappa shape index (κ2) is 7.51. The minimum absolute atomic E-state index is 0.0343. The van der Waals surface area contributed by atoms with Crippen molar-refractivity contribution in [1.29, 1.82) is 0 Å². The SMILES string of the molecule is CCc1ccc(NC(=O)Cn2c(N3CCCC3)nc(C)cc2=O)cc1. The second-order valence-corrected chi connectivity index (χ2v) is 6.41. The first-order valence-corrected chi connectivity index (χ1v) is 8.79. The molecule has 0 saturated carbocycles. The van der Waals surface area contributed by atoms with Crippen LogP contribution in [0, 0.1) is 6.92 Å². The van der Waals surface area contributed by atoms with Crippen LogP contribution in [0.5, 0.6) is 0 Å². The number of aryl methyl sites for hydroxylation is 2. The van der Waals surface area contributed by atoms with Crippen LogP contribution in [-0.2, 0) is 17.8 Å². The van der Waals surface area contributed by atoms with Gasteiger partial charge in [0.15, 0.2) is 0 Å². The van der Waals surface area contributed by atoms with Crippen LogP contribution in [0.15, 0.2) is 35.1 Å². The lowest BCUT2D eigenvalue weighted by molar-refractivity contribution is -0.116. The first-order valence-electron chi connectivity index (χ1n) is 8.79. The van der Waals surface area contributed by atoms with E-state index in [2.05, 4.69) is 22.1 Å². The highest BCUT2D eigenvalue weighted by molar-refractivity contribution is 5.90. The van der Waals surface area contributed by atoms with Crippen molar-refractivity contribution in [1.82, 2.24) is 9.55 Å². The number of anilines is 2. The van der Waals surface area contributed by atoms with Gasteiger partial charge in [0.1, 0.15) is 6.54 Å². The third kappa shape index (κ3) is 4.07. The molecule has 1 aliphatic rings. The Labute approximate surface area is 147 Å². The number of nitrogens with zero attached hydrogens (tertiary/aromatic N) is 3. The summed E-state index contributed by atoms with van der Waals surface area (Å²) in [6.07, 6.45) is 3.12. The third-order valence-electron chi connectivity index (χ3n) is 4.45. The number of carbonyl (C=O) groups is 1. The number of hydrogen-bond donors (Lipinski definition) is 1. The van der Waals surface area contributed by atoms with E-state index in [4.69, 9.17) is 0 Å². The molecular weight excluding hydrogens is 316 g/mol. The Morgan fingerprint density at radius 2 is 1.88 bits per heavy atom. The molecule has 0 aliphatic carbocycles. The Kier molecular flexibility index (Phi) is 5.16. The fourth-order valence-electron chi connectivity index (χ4n) is 3.08. The molecule has 0 spiro atoms. The third-order valence-corrected chi connectivity index (χ3v) is 4.45. The molecule has 0 bridgehead atoms. The Balaban J connectivity index is 1.79. The van der Waals surface area contributed by atoms with E-state index in [0.29, 0.717) is 11.6 Å². The lowest BCUT2D eigenvalue weighted by Crippen LogP contribution is -2.34. The number of rotatable bonds is 5. The molecular formula is C19H24N4O2. The summed E-state index contributed by atoms with van der Waals surface area (Å²) in [5.74, 6) is 0.372. The predicted octanol–water partition coefficient (Wildman–Crippen LogP) is 2.35. The number of carbonyl (C=O) groups excluding carboxylic acids is 1. The molecule has 1 fully saturated rings. The van der Waals surface area contributed by atoms with E-state index in [-0.39, 0.29) is 18.0 Å². The summed E-state index contributed by atoms with van der Waals surface area (Å²) >= 11 is 0. The Bertz CT molecular complexity index is 805. The molecule has 1 aromatic carbocycles. The van der Waals surface area contributed by atoms with Gasteiger partial charge in [0.2, 0.25) is 11.9 Å². The van der Waals surface area contributed by atoms with Crippen LogP contribution in [0.2, 0.25) is 0 Å². The molecule has 1 saturated heterocycles. The van der Waals surface area contributed by atoms with Crippen molar-refractivity contribution in [2.24, 2.45) is 0 Å². The fraction of sp³-hybridized carbons (Fsp3) is 0.421. The average molecular weight is 340 g/mol. The summed E-state index contributed by atoms with van der Waals surface area (Å²) in [5, 5.41) is 2.86. The number of benzene rings is 1. The van der Waals surface area contributed by atoms with Gasteiger partial charge in [-0.15, -0.1) is 0 Å². The summed E-state index contributed by atoms with van der Waals surface area (Å²) < 4.78 is 1.47. The standard InChI is InChI=1S/C19H24N4O2/c1-3-15-6-8-16(9-7-15)21-17(24)13-23-18(25)12-14(2)20-19(23)22-10-4-5-11-22/h6-9,12H,3-5,10-11,13H2,1-2H3,(H,21,24). The number of nitrogens with one attached hydrogen (secondary N) is 1. The van der Waals surface area contributed by atoms with Gasteiger partial charge in [-0.1, -0.05) is 19.1 Å². The lowest BCUT2D eigenvalue weighted by atomic mass is 10.1. The highest BCUT2D eigenvalue weighted by atomic mass is 16.2. The molecule has 1 amide bonds. The van der Waals surface area contributed by atoms with Crippen molar-refractivity contribution in [3.63, 3.8) is 0 Å². The molecule has 25 heavy (non-hydrogen) atoms. The minimum atomic E-state index is -0.225. The topological polar surface area (TPSA) is 67.2 Å². The maximum Gasteiger partial charge on any atom is 0.255 e. The molecule has 0 atom stereocenters. The normalized spacial score (nSPS) is 13.9. The smallest absolute Gasteiger partial charge is 0.255 e. The zero-order valence-electron chi connectivity index (χ0n) is 14.8. The molecule has 1 aliphatic heterocycles. The number of hydrogen-bond acceptors (Lipinski definition) is 4. The number of aromatic nitrogens is 2. The van der Waals surface area contributed by atoms with E-state index in [1.165, 1.54) is 16.2 Å². The van der Waals surface area contributed by atoms with E-state index in [1.807, 2.05) is 24.3 Å². The van der Waals surface area contributed by atoms with Gasteiger partial charge in [-0.2, -0.15) is 0 Å². The molecule has 2 aromatic rings. The summed E-state index contributed by atoms with van der Waals surface area (Å²) in [6, 6.07) is 9.22. The van der Waals surface area contributed by atoms with Crippen molar-refractivity contribution < 1.29 is 4.79 Å². The first kappa shape index (κ1) is 17.2. The molecule has 3 rings (SSSR count). The van der Waals surface area contributed by atoms with Gasteiger partial charge < -0.3 is 10.2 Å². The second-order valence-electron chi connectivity index (χ2n) is 6.41. The van der Waals surface area contributed by atoms with E-state index in [9.17, 15) is 9.59 Å². The highest BCUT2D eigenvalue weighted by Gasteiger charge is 2.20. The van der Waals surface area contributed by atoms with Gasteiger partial charge in [-0.05, 0) is 43.9 Å². The van der Waals surface area contributed by atoms with Crippen molar-refractivity contribution in [3.05, 3.63) is 51.9 Å². The van der Waals surface area contributed by atoms with Gasteiger partial charge >= 0.3 is 0 Å². The number of amides is 1. The summed E-state index contributed by atoms with van der Waals surface area (Å²) in [6.45, 7) is 5.60. The van der Waals surface area contributed by atoms with E-state index in [1.54, 1.807) is 6.92 Å². The lowest BCUT2D eigenvalue weighted by Gasteiger charge is -2.21. The van der Waals surface area contributed by atoms with Crippen LogP contribution in [0.25, 0.3) is 0 Å². The van der Waals surface area contributed by atoms with Crippen molar-refractivity contribution in [2.45, 2.75) is 39.7 Å². The van der Waals surface area contributed by atoms with E-state index < -0.39 is 0 Å². The average Bonchev–Trinajstić information content (AvgIpc) is 3.12. The van der Waals surface area contributed by atoms with Gasteiger partial charge in [0.05, 0.1) is 0 Å². The predicted molar refractivity (Wildman–Crippen MR) is 99.1 cm³/mol. The zero-order chi connectivity index (χ0) is 17.8. The fourth-order valence-corrected chi connectivity index (χ4v) is 3.08. The van der Waals surface area contributed by atoms with Crippen LogP contribution < -0.4 is 15.8 Å². The van der Waals surface area contributed by atoms with Gasteiger partial charge in [0, 0.05) is 30.5 Å². The van der Waals surface area contributed by atoms with Crippen LogP contribution in [0.3, 0.4) is 0 Å². The molecule has 1 aromatic heterocycles. The molecule has 0 unspecified atom stereocenters. The summed E-state index contributed by atoms with van der Waals surface area (Å²) in [4.78, 5) is 31.4. The monoisotopic (exact) mass is 340 g/mol. The maximum absolute atomic E-state index is 12.4. The maximum atomic E-state index is 12.4. The molecule has 1 N–H and O–H groups in total.